The molecule has 3 rings (SSSR count). The lowest BCUT2D eigenvalue weighted by atomic mass is 9.91. The van der Waals surface area contributed by atoms with E-state index in [4.69, 9.17) is 0 Å². The minimum absolute atomic E-state index is 0.0210. The largest absolute Gasteiger partial charge is 0.357 e. The monoisotopic (exact) mass is 318 g/mol. The average molecular weight is 318 g/mol. The van der Waals surface area contributed by atoms with Crippen LogP contribution in [-0.4, -0.2) is 28.9 Å². The van der Waals surface area contributed by atoms with Gasteiger partial charge in [-0.3, -0.25) is 4.79 Å². The fourth-order valence-corrected chi connectivity index (χ4v) is 3.20. The summed E-state index contributed by atoms with van der Waals surface area (Å²) in [5, 5.41) is 0. The van der Waals surface area contributed by atoms with E-state index >= 15 is 0 Å². The lowest BCUT2D eigenvalue weighted by Crippen LogP contribution is -2.40. The number of nitrogens with one attached hydrogen (secondary N) is 1. The normalized spacial score (nSPS) is 18.2. The van der Waals surface area contributed by atoms with Crippen LogP contribution in [0.15, 0.2) is 36.5 Å². The highest BCUT2D eigenvalue weighted by molar-refractivity contribution is 5.92. The summed E-state index contributed by atoms with van der Waals surface area (Å²) in [4.78, 5) is 17.2. The summed E-state index contributed by atoms with van der Waals surface area (Å²) in [6.07, 6.45) is 5.12. The quantitative estimate of drug-likeness (QED) is 0.915. The molecule has 23 heavy (non-hydrogen) atoms. The first-order chi connectivity index (χ1) is 11.1. The summed E-state index contributed by atoms with van der Waals surface area (Å²) in [7, 11) is 0. The molecule has 1 fully saturated rings. The Labute approximate surface area is 134 Å². The second-order valence-electron chi connectivity index (χ2n) is 6.12. The van der Waals surface area contributed by atoms with Crippen LogP contribution < -0.4 is 0 Å². The molecule has 1 atom stereocenters. The predicted molar refractivity (Wildman–Crippen MR) is 84.1 cm³/mol. The van der Waals surface area contributed by atoms with Gasteiger partial charge in [-0.25, -0.2) is 8.78 Å². The Morgan fingerprint density at radius 3 is 2.91 bits per heavy atom. The first-order valence-electron chi connectivity index (χ1n) is 8.00. The van der Waals surface area contributed by atoms with E-state index in [2.05, 4.69) is 4.98 Å². The molecule has 2 aromatic rings. The molecule has 0 bridgehead atoms. The minimum atomic E-state index is -0.549. The second kappa shape index (κ2) is 6.94. The SMILES string of the molecule is O=C(c1ccc[nH]1)N1CCCC(CCc2ccc(F)cc2F)C1. The number of nitrogens with zero attached hydrogens (tertiary/aromatic N) is 1. The molecule has 0 spiro atoms. The molecule has 1 saturated heterocycles. The number of benzene rings is 1. The van der Waals surface area contributed by atoms with Crippen molar-refractivity contribution >= 4 is 5.91 Å². The molecule has 1 amide bonds. The minimum Gasteiger partial charge on any atom is -0.357 e. The highest BCUT2D eigenvalue weighted by atomic mass is 19.1. The van der Waals surface area contributed by atoms with Crippen LogP contribution in [0.2, 0.25) is 0 Å². The lowest BCUT2D eigenvalue weighted by Gasteiger charge is -2.32. The number of hydrogen-bond acceptors (Lipinski definition) is 1. The number of carbonyl (C=O) groups is 1. The number of rotatable bonds is 4. The standard InChI is InChI=1S/C18H20F2N2O/c19-15-8-7-14(16(20)11-15)6-5-13-3-2-10-22(12-13)18(23)17-4-1-9-21-17/h1,4,7-9,11,13,21H,2-3,5-6,10,12H2. The Hall–Kier alpha value is -2.17. The van der Waals surface area contributed by atoms with Gasteiger partial charge in [0.05, 0.1) is 0 Å². The van der Waals surface area contributed by atoms with Crippen LogP contribution in [0.25, 0.3) is 0 Å². The van der Waals surface area contributed by atoms with Gasteiger partial charge in [0.25, 0.3) is 5.91 Å². The van der Waals surface area contributed by atoms with Gasteiger partial charge in [-0.2, -0.15) is 0 Å². The number of likely N-dealkylation sites (tertiary alicyclic amines) is 1. The van der Waals surface area contributed by atoms with Crippen LogP contribution in [0.4, 0.5) is 8.78 Å². The third-order valence-electron chi connectivity index (χ3n) is 4.47. The van der Waals surface area contributed by atoms with Gasteiger partial charge in [-0.1, -0.05) is 6.07 Å². The van der Waals surface area contributed by atoms with Crippen molar-refractivity contribution in [2.75, 3.05) is 13.1 Å². The number of aromatic amines is 1. The van der Waals surface area contributed by atoms with Crippen molar-refractivity contribution in [2.24, 2.45) is 5.92 Å². The van der Waals surface area contributed by atoms with Crippen LogP contribution in [0.1, 0.15) is 35.3 Å². The van der Waals surface area contributed by atoms with Crippen molar-refractivity contribution in [1.29, 1.82) is 0 Å². The Morgan fingerprint density at radius 2 is 2.17 bits per heavy atom. The maximum Gasteiger partial charge on any atom is 0.270 e. The van der Waals surface area contributed by atoms with Crippen LogP contribution in [0.5, 0.6) is 0 Å². The highest BCUT2D eigenvalue weighted by Crippen LogP contribution is 2.23. The van der Waals surface area contributed by atoms with Gasteiger partial charge >= 0.3 is 0 Å². The van der Waals surface area contributed by atoms with E-state index in [0.717, 1.165) is 31.9 Å². The van der Waals surface area contributed by atoms with E-state index in [1.165, 1.54) is 12.1 Å². The van der Waals surface area contributed by atoms with Crippen molar-refractivity contribution < 1.29 is 13.6 Å². The summed E-state index contributed by atoms with van der Waals surface area (Å²) < 4.78 is 26.6. The molecule has 1 N–H and O–H groups in total. The molecule has 122 valence electrons. The second-order valence-corrected chi connectivity index (χ2v) is 6.12. The number of H-pyrrole nitrogens is 1. The number of amides is 1. The van der Waals surface area contributed by atoms with Crippen LogP contribution in [0.3, 0.4) is 0 Å². The van der Waals surface area contributed by atoms with Crippen molar-refractivity contribution in [1.82, 2.24) is 9.88 Å². The molecule has 1 aliphatic heterocycles. The fourth-order valence-electron chi connectivity index (χ4n) is 3.20. The zero-order valence-corrected chi connectivity index (χ0v) is 12.9. The number of piperidine rings is 1. The topological polar surface area (TPSA) is 36.1 Å². The van der Waals surface area contributed by atoms with Gasteiger partial charge in [0.15, 0.2) is 0 Å². The molecule has 0 radical (unpaired) electrons. The van der Waals surface area contributed by atoms with E-state index in [0.29, 0.717) is 30.1 Å². The molecular weight excluding hydrogens is 298 g/mol. The third-order valence-corrected chi connectivity index (χ3v) is 4.47. The highest BCUT2D eigenvalue weighted by Gasteiger charge is 2.24. The van der Waals surface area contributed by atoms with Crippen LogP contribution >= 0.6 is 0 Å². The maximum absolute atomic E-state index is 13.7. The van der Waals surface area contributed by atoms with E-state index < -0.39 is 11.6 Å². The smallest absolute Gasteiger partial charge is 0.270 e. The van der Waals surface area contributed by atoms with E-state index in [9.17, 15) is 13.6 Å². The van der Waals surface area contributed by atoms with Crippen molar-refractivity contribution in [3.05, 3.63) is 59.4 Å². The Kier molecular flexibility index (Phi) is 4.74. The molecule has 2 heterocycles. The summed E-state index contributed by atoms with van der Waals surface area (Å²) in [5.74, 6) is -0.661. The first-order valence-corrected chi connectivity index (χ1v) is 8.00. The number of hydrogen-bond donors (Lipinski definition) is 1. The van der Waals surface area contributed by atoms with Crippen molar-refractivity contribution in [3.63, 3.8) is 0 Å². The van der Waals surface area contributed by atoms with Gasteiger partial charge in [-0.15, -0.1) is 0 Å². The lowest BCUT2D eigenvalue weighted by molar-refractivity contribution is 0.0663. The van der Waals surface area contributed by atoms with Crippen molar-refractivity contribution in [3.8, 4) is 0 Å². The van der Waals surface area contributed by atoms with E-state index in [1.807, 2.05) is 11.0 Å². The van der Waals surface area contributed by atoms with Gasteiger partial charge in [-0.05, 0) is 55.4 Å². The van der Waals surface area contributed by atoms with Gasteiger partial charge in [0, 0.05) is 25.4 Å². The average Bonchev–Trinajstić information content (AvgIpc) is 3.08. The zero-order chi connectivity index (χ0) is 16.2. The maximum atomic E-state index is 13.7. The third kappa shape index (κ3) is 3.78. The van der Waals surface area contributed by atoms with Crippen molar-refractivity contribution in [2.45, 2.75) is 25.7 Å². The summed E-state index contributed by atoms with van der Waals surface area (Å²) in [5.41, 5.74) is 1.15. The Balaban J connectivity index is 1.57. The molecule has 1 aromatic heterocycles. The van der Waals surface area contributed by atoms with Gasteiger partial charge in [0.1, 0.15) is 17.3 Å². The summed E-state index contributed by atoms with van der Waals surface area (Å²) in [6, 6.07) is 7.32. The van der Waals surface area contributed by atoms with Gasteiger partial charge in [0.2, 0.25) is 0 Å². The number of halogens is 2. The van der Waals surface area contributed by atoms with Gasteiger partial charge < -0.3 is 9.88 Å². The Bertz CT molecular complexity index is 670. The fraction of sp³-hybridized carbons (Fsp3) is 0.389. The van der Waals surface area contributed by atoms with Crippen LogP contribution in [-0.2, 0) is 6.42 Å². The molecule has 3 nitrogen and oxygen atoms in total. The molecular formula is C18H20F2N2O. The molecule has 1 unspecified atom stereocenters. The van der Waals surface area contributed by atoms with Crippen LogP contribution in [0, 0.1) is 17.6 Å². The predicted octanol–water partition coefficient (Wildman–Crippen LogP) is 3.78. The molecule has 1 aromatic carbocycles. The molecule has 1 aliphatic rings. The molecule has 5 heteroatoms. The molecule has 0 saturated carbocycles. The number of aromatic nitrogens is 1. The van der Waals surface area contributed by atoms with E-state index in [1.54, 1.807) is 12.3 Å². The van der Waals surface area contributed by atoms with E-state index in [-0.39, 0.29) is 5.91 Å². The Morgan fingerprint density at radius 1 is 1.30 bits per heavy atom. The first kappa shape index (κ1) is 15.7. The number of aryl methyl sites for hydroxylation is 1. The zero-order valence-electron chi connectivity index (χ0n) is 12.9. The molecule has 0 aliphatic carbocycles. The summed E-state index contributed by atoms with van der Waals surface area (Å²) in [6.45, 7) is 1.46. The summed E-state index contributed by atoms with van der Waals surface area (Å²) >= 11 is 0. The number of carbonyl (C=O) groups excluding carboxylic acids is 1.